The van der Waals surface area contributed by atoms with Gasteiger partial charge in [-0.15, -0.1) is 14.2 Å². The van der Waals surface area contributed by atoms with Crippen molar-refractivity contribution in [2.24, 2.45) is 0 Å². The Bertz CT molecular complexity index is 3530. The number of aromatic amines is 3. The zero-order valence-corrected chi connectivity index (χ0v) is 47.8. The third kappa shape index (κ3) is 13.4. The summed E-state index contributed by atoms with van der Waals surface area (Å²) in [6.07, 6.45) is 15.8. The minimum Gasteiger partial charge on any atom is -0.480 e. The molecule has 0 amide bonds. The van der Waals surface area contributed by atoms with Crippen LogP contribution in [0.4, 0.5) is 0 Å². The molecule has 6 aromatic heterocycles. The third-order valence-corrected chi connectivity index (χ3v) is 13.3. The number of methoxy groups -OCH3 is 3. The van der Waals surface area contributed by atoms with Crippen LogP contribution < -0.4 is 30.9 Å². The van der Waals surface area contributed by atoms with E-state index in [0.717, 1.165) is 68.7 Å². The molecule has 6 N–H and O–H groups in total. The molecule has 18 nitrogen and oxygen atoms in total. The molecule has 0 aliphatic heterocycles. The second-order valence-corrected chi connectivity index (χ2v) is 19.8. The summed E-state index contributed by atoms with van der Waals surface area (Å²) < 4.78 is 17.7. The first-order valence-electron chi connectivity index (χ1n) is 25.5. The zero-order valence-electron chi connectivity index (χ0n) is 46.7. The third-order valence-electron chi connectivity index (χ3n) is 13.3. The van der Waals surface area contributed by atoms with Gasteiger partial charge in [-0.3, -0.25) is 14.4 Å². The predicted octanol–water partition coefficient (Wildman–Crippen LogP) is 10.1. The van der Waals surface area contributed by atoms with E-state index in [4.69, 9.17) is 14.2 Å². The van der Waals surface area contributed by atoms with E-state index in [1.165, 1.54) is 54.7 Å². The van der Waals surface area contributed by atoms with E-state index in [1.54, 1.807) is 20.8 Å². The summed E-state index contributed by atoms with van der Waals surface area (Å²) >= 11 is 0. The van der Waals surface area contributed by atoms with Crippen LogP contribution in [0.25, 0.3) is 32.7 Å². The molecule has 19 heteroatoms. The fourth-order valence-electron chi connectivity index (χ4n) is 9.09. The zero-order chi connectivity index (χ0) is 56.5. The molecule has 0 unspecified atom stereocenters. The average Bonchev–Trinajstić information content (AvgIpc) is 4.19. The Morgan fingerprint density at radius 1 is 0.456 bits per heavy atom. The summed E-state index contributed by atoms with van der Waals surface area (Å²) in [5.41, 5.74) is 13.4. The number of ether oxygens (including phenoxy) is 3. The van der Waals surface area contributed by atoms with Gasteiger partial charge < -0.3 is 44.8 Å². The summed E-state index contributed by atoms with van der Waals surface area (Å²) in [5.74, 6) is 0.749. The number of benzene rings is 3. The number of hydrogen-bond acceptors (Lipinski definition) is 12. The normalized spacial score (nSPS) is 10.8. The van der Waals surface area contributed by atoms with Gasteiger partial charge >= 0.3 is 16.7 Å². The number of aryl methyl sites for hydroxylation is 3. The van der Waals surface area contributed by atoms with Gasteiger partial charge in [0.1, 0.15) is 34.2 Å². The number of nitrogens with one attached hydrogen (secondary N) is 3. The maximum Gasteiger partial charge on any atom is 0.304 e. The number of hydrogen-bond donors (Lipinski definition) is 6. The van der Waals surface area contributed by atoms with Crippen LogP contribution in [-0.4, -0.2) is 81.0 Å². The van der Waals surface area contributed by atoms with Crippen LogP contribution in [0, 0.1) is 20.8 Å². The Balaban J connectivity index is 0.000000190. The second-order valence-electron chi connectivity index (χ2n) is 19.8. The maximum absolute atomic E-state index is 12.0. The van der Waals surface area contributed by atoms with E-state index in [2.05, 4.69) is 108 Å². The molecule has 416 valence electrons. The van der Waals surface area contributed by atoms with Gasteiger partial charge in [0, 0.05) is 87.6 Å². The molecule has 79 heavy (non-hydrogen) atoms. The van der Waals surface area contributed by atoms with Crippen molar-refractivity contribution in [2.75, 3.05) is 21.3 Å². The average molecular weight is 1120 g/mol. The van der Waals surface area contributed by atoms with Crippen molar-refractivity contribution in [3.05, 3.63) is 207 Å². The molecule has 6 heterocycles. The molecule has 0 bridgehead atoms. The van der Waals surface area contributed by atoms with E-state index in [1.807, 2.05) is 55.0 Å². The molecule has 9 aromatic rings. The molecule has 0 fully saturated rings. The number of allylic oxidation sites excluding steroid dienone is 6. The van der Waals surface area contributed by atoms with Crippen molar-refractivity contribution in [1.29, 1.82) is 0 Å². The van der Waals surface area contributed by atoms with E-state index >= 15 is 0 Å². The molecule has 0 saturated heterocycles. The first-order valence-corrected chi connectivity index (χ1v) is 25.5. The van der Waals surface area contributed by atoms with E-state index < -0.39 is 16.7 Å². The van der Waals surface area contributed by atoms with E-state index in [-0.39, 0.29) is 51.8 Å². The molecule has 0 radical (unpaired) electrons. The Morgan fingerprint density at radius 2 is 0.709 bits per heavy atom. The van der Waals surface area contributed by atoms with Crippen LogP contribution in [0.5, 0.6) is 17.6 Å². The molecular formula is C60H69FeN9O9. The van der Waals surface area contributed by atoms with Crippen LogP contribution in [0.15, 0.2) is 123 Å². The quantitative estimate of drug-likeness (QED) is 0.0319. The summed E-state index contributed by atoms with van der Waals surface area (Å²) in [5, 5.41) is 33.8. The number of nitrogens with zero attached hydrogens (tertiary/aromatic N) is 6. The number of para-hydroxylation sites is 3. The van der Waals surface area contributed by atoms with Crippen LogP contribution in [0.3, 0.4) is 0 Å². The summed E-state index contributed by atoms with van der Waals surface area (Å²) in [6, 6.07) is 18.4. The topological polar surface area (TPSA) is 240 Å². The van der Waals surface area contributed by atoms with Crippen molar-refractivity contribution in [3.8, 4) is 17.6 Å². The van der Waals surface area contributed by atoms with Gasteiger partial charge in [0.15, 0.2) is 0 Å². The summed E-state index contributed by atoms with van der Waals surface area (Å²) in [6.45, 7) is 17.1. The molecule has 0 aliphatic carbocycles. The fraction of sp³-hybridized carbons (Fsp3) is 0.300. The number of fused-ring (bicyclic) bond motifs is 3. The minimum absolute atomic E-state index is 0. The van der Waals surface area contributed by atoms with Gasteiger partial charge in [0.05, 0.1) is 21.3 Å². The Hall–Kier alpha value is -8.54. The van der Waals surface area contributed by atoms with Crippen LogP contribution in [-0.2, 0) is 55.6 Å². The summed E-state index contributed by atoms with van der Waals surface area (Å²) in [7, 11) is 4.42. The van der Waals surface area contributed by atoms with Gasteiger partial charge in [-0.05, 0) is 115 Å². The number of H-pyrrole nitrogens is 3. The summed E-state index contributed by atoms with van der Waals surface area (Å²) in [4.78, 5) is 58.5. The molecule has 0 saturated carbocycles. The van der Waals surface area contributed by atoms with Crippen molar-refractivity contribution in [2.45, 2.75) is 101 Å². The molecule has 3 aromatic carbocycles. The maximum atomic E-state index is 12.0. The Kier molecular flexibility index (Phi) is 19.8. The monoisotopic (exact) mass is 1120 g/mol. The smallest absolute Gasteiger partial charge is 0.304 e. The van der Waals surface area contributed by atoms with Crippen LogP contribution in [0.1, 0.15) is 109 Å². The standard InChI is InChI=1S/3C20H23N3O3.Fe/c3*1-12(2)8-9-14-6-5-7-16-15(11-21-18(14)16)10-17-19(26-4)22-13(3)20(24)23(17)25;/h3*5-8,11,21,25H,9-10H2,1-4H3;. The van der Waals surface area contributed by atoms with Gasteiger partial charge in [-0.1, -0.05) is 89.5 Å². The first kappa shape index (κ1) is 59.7. The van der Waals surface area contributed by atoms with Crippen molar-refractivity contribution >= 4 is 32.7 Å². The van der Waals surface area contributed by atoms with Gasteiger partial charge in [-0.25, -0.2) is 15.0 Å². The van der Waals surface area contributed by atoms with E-state index in [9.17, 15) is 30.0 Å². The molecule has 0 spiro atoms. The Morgan fingerprint density at radius 3 is 0.937 bits per heavy atom. The number of rotatable bonds is 15. The number of aromatic nitrogens is 9. The molecular weight excluding hydrogens is 1050 g/mol. The Labute approximate surface area is 468 Å². The largest absolute Gasteiger partial charge is 0.480 e. The van der Waals surface area contributed by atoms with Gasteiger partial charge in [-0.2, -0.15) is 0 Å². The van der Waals surface area contributed by atoms with Crippen molar-refractivity contribution in [1.82, 2.24) is 44.1 Å². The molecule has 0 atom stereocenters. The van der Waals surface area contributed by atoms with Gasteiger partial charge in [0.25, 0.3) is 0 Å². The first-order chi connectivity index (χ1) is 37.3. The molecule has 0 aliphatic rings. The second kappa shape index (κ2) is 26.2. The van der Waals surface area contributed by atoms with Gasteiger partial charge in [0.2, 0.25) is 17.6 Å². The fourth-order valence-corrected chi connectivity index (χ4v) is 9.09. The SMILES string of the molecule is COc1nc(C)c(=O)n(O)c1Cc1c[nH]c2c(CC=C(C)C)cccc12.COc1nc(C)c(=O)n(O)c1Cc1c[nH]c2c(CC=C(C)C)cccc12.COc1nc(C)c(=O)n(O)c1Cc1c[nH]c2c(CC=C(C)C)cccc12.[Fe]. The molecule has 9 rings (SSSR count). The van der Waals surface area contributed by atoms with Crippen molar-refractivity contribution in [3.63, 3.8) is 0 Å². The predicted molar refractivity (Wildman–Crippen MR) is 304 cm³/mol. The van der Waals surface area contributed by atoms with Crippen molar-refractivity contribution < 1.29 is 46.9 Å². The van der Waals surface area contributed by atoms with Crippen LogP contribution in [0.2, 0.25) is 0 Å². The minimum atomic E-state index is -0.537. The van der Waals surface area contributed by atoms with E-state index in [0.29, 0.717) is 50.5 Å². The van der Waals surface area contributed by atoms with Crippen LogP contribution >= 0.6 is 0 Å².